The fourth-order valence-corrected chi connectivity index (χ4v) is 0.748. The SMILES string of the molecule is CC(C)(C)OC(=O)CNC(=O)CC(=O)O. The van der Waals surface area contributed by atoms with Crippen LogP contribution in [0.25, 0.3) is 0 Å². The Morgan fingerprint density at radius 3 is 2.20 bits per heavy atom. The molecule has 0 aromatic rings. The van der Waals surface area contributed by atoms with Crippen LogP contribution in [0.1, 0.15) is 27.2 Å². The first-order valence-corrected chi connectivity index (χ1v) is 4.41. The quantitative estimate of drug-likeness (QED) is 0.507. The van der Waals surface area contributed by atoms with E-state index in [0.29, 0.717) is 0 Å². The maximum absolute atomic E-state index is 11.1. The summed E-state index contributed by atoms with van der Waals surface area (Å²) in [5.41, 5.74) is -0.616. The highest BCUT2D eigenvalue weighted by atomic mass is 16.6. The van der Waals surface area contributed by atoms with Crippen LogP contribution in [0.3, 0.4) is 0 Å². The van der Waals surface area contributed by atoms with Gasteiger partial charge in [-0.25, -0.2) is 0 Å². The Labute approximate surface area is 87.6 Å². The van der Waals surface area contributed by atoms with Crippen LogP contribution in [0, 0.1) is 0 Å². The van der Waals surface area contributed by atoms with Gasteiger partial charge in [-0.2, -0.15) is 0 Å². The van der Waals surface area contributed by atoms with Gasteiger partial charge in [-0.05, 0) is 20.8 Å². The summed E-state index contributed by atoms with van der Waals surface area (Å²) in [6.07, 6.45) is -0.650. The molecule has 0 aliphatic carbocycles. The molecule has 6 heteroatoms. The van der Waals surface area contributed by atoms with Crippen LogP contribution in [0.2, 0.25) is 0 Å². The third-order valence-corrected chi connectivity index (χ3v) is 1.16. The second kappa shape index (κ2) is 5.33. The van der Waals surface area contributed by atoms with Crippen molar-refractivity contribution in [2.24, 2.45) is 0 Å². The molecule has 0 fully saturated rings. The van der Waals surface area contributed by atoms with E-state index in [2.05, 4.69) is 5.32 Å². The summed E-state index contributed by atoms with van der Waals surface area (Å²) < 4.78 is 4.89. The first-order chi connectivity index (χ1) is 6.70. The van der Waals surface area contributed by atoms with E-state index in [-0.39, 0.29) is 6.54 Å². The van der Waals surface area contributed by atoms with Crippen molar-refractivity contribution in [2.75, 3.05) is 6.54 Å². The Balaban J connectivity index is 3.82. The molecule has 86 valence electrons. The van der Waals surface area contributed by atoms with Crippen molar-refractivity contribution >= 4 is 17.8 Å². The zero-order chi connectivity index (χ0) is 12.1. The van der Waals surface area contributed by atoms with E-state index in [1.165, 1.54) is 0 Å². The number of carbonyl (C=O) groups excluding carboxylic acids is 2. The molecule has 0 heterocycles. The van der Waals surface area contributed by atoms with E-state index in [1.807, 2.05) is 0 Å². The van der Waals surface area contributed by atoms with E-state index < -0.39 is 29.9 Å². The van der Waals surface area contributed by atoms with Gasteiger partial charge in [0.05, 0.1) is 0 Å². The Morgan fingerprint density at radius 2 is 1.80 bits per heavy atom. The van der Waals surface area contributed by atoms with Crippen LogP contribution in [-0.2, 0) is 19.1 Å². The average molecular weight is 217 g/mol. The van der Waals surface area contributed by atoms with Crippen LogP contribution >= 0.6 is 0 Å². The lowest BCUT2D eigenvalue weighted by Gasteiger charge is -2.19. The first-order valence-electron chi connectivity index (χ1n) is 4.41. The maximum Gasteiger partial charge on any atom is 0.325 e. The van der Waals surface area contributed by atoms with Gasteiger partial charge < -0.3 is 15.2 Å². The summed E-state index contributed by atoms with van der Waals surface area (Å²) in [4.78, 5) is 32.0. The highest BCUT2D eigenvalue weighted by molar-refractivity contribution is 5.94. The largest absolute Gasteiger partial charge is 0.481 e. The second-order valence-electron chi connectivity index (χ2n) is 3.93. The van der Waals surface area contributed by atoms with Gasteiger partial charge in [0.15, 0.2) is 0 Å². The van der Waals surface area contributed by atoms with Gasteiger partial charge in [0.1, 0.15) is 18.6 Å². The lowest BCUT2D eigenvalue weighted by Crippen LogP contribution is -2.35. The summed E-state index contributed by atoms with van der Waals surface area (Å²) in [5, 5.41) is 10.4. The van der Waals surface area contributed by atoms with Gasteiger partial charge in [-0.15, -0.1) is 0 Å². The number of ether oxygens (including phenoxy) is 1. The molecule has 6 nitrogen and oxygen atoms in total. The van der Waals surface area contributed by atoms with Gasteiger partial charge in [0, 0.05) is 0 Å². The van der Waals surface area contributed by atoms with Gasteiger partial charge in [-0.3, -0.25) is 14.4 Å². The van der Waals surface area contributed by atoms with Crippen molar-refractivity contribution in [3.05, 3.63) is 0 Å². The van der Waals surface area contributed by atoms with E-state index in [9.17, 15) is 14.4 Å². The number of esters is 1. The van der Waals surface area contributed by atoms with Crippen LogP contribution in [0.4, 0.5) is 0 Å². The Kier molecular flexibility index (Phi) is 4.77. The molecule has 1 amide bonds. The topological polar surface area (TPSA) is 92.7 Å². The number of hydrogen-bond donors (Lipinski definition) is 2. The Hall–Kier alpha value is -1.59. The minimum absolute atomic E-state index is 0.316. The fourth-order valence-electron chi connectivity index (χ4n) is 0.748. The molecule has 0 atom stereocenters. The lowest BCUT2D eigenvalue weighted by atomic mass is 10.2. The van der Waals surface area contributed by atoms with Crippen LogP contribution in [0.5, 0.6) is 0 Å². The number of carboxylic acid groups (broad SMARTS) is 1. The maximum atomic E-state index is 11.1. The van der Waals surface area contributed by atoms with E-state index >= 15 is 0 Å². The van der Waals surface area contributed by atoms with Gasteiger partial charge >= 0.3 is 11.9 Å². The molecule has 0 unspecified atom stereocenters. The molecule has 0 aromatic heterocycles. The number of carboxylic acids is 1. The van der Waals surface area contributed by atoms with Gasteiger partial charge in [0.25, 0.3) is 0 Å². The van der Waals surface area contributed by atoms with Gasteiger partial charge in [-0.1, -0.05) is 0 Å². The summed E-state index contributed by atoms with van der Waals surface area (Å²) in [6, 6.07) is 0. The molecule has 15 heavy (non-hydrogen) atoms. The van der Waals surface area contributed by atoms with Crippen molar-refractivity contribution in [1.29, 1.82) is 0 Å². The summed E-state index contributed by atoms with van der Waals surface area (Å²) in [6.45, 7) is 4.78. The number of amides is 1. The summed E-state index contributed by atoms with van der Waals surface area (Å²) in [5.74, 6) is -2.55. The molecule has 0 radical (unpaired) electrons. The fraction of sp³-hybridized carbons (Fsp3) is 0.667. The zero-order valence-electron chi connectivity index (χ0n) is 8.99. The highest BCUT2D eigenvalue weighted by Gasteiger charge is 2.17. The molecule has 0 rings (SSSR count). The molecule has 0 saturated carbocycles. The minimum atomic E-state index is -1.24. The van der Waals surface area contributed by atoms with Crippen LogP contribution in [-0.4, -0.2) is 35.1 Å². The standard InChI is InChI=1S/C9H15NO5/c1-9(2,3)15-8(14)5-10-6(11)4-7(12)13/h4-5H2,1-3H3,(H,10,11)(H,12,13). The predicted molar refractivity (Wildman–Crippen MR) is 51.1 cm³/mol. The lowest BCUT2D eigenvalue weighted by molar-refractivity contribution is -0.155. The predicted octanol–water partition coefficient (Wildman–Crippen LogP) is -0.0810. The zero-order valence-corrected chi connectivity index (χ0v) is 8.99. The van der Waals surface area contributed by atoms with Crippen molar-refractivity contribution in [1.82, 2.24) is 5.32 Å². The Morgan fingerprint density at radius 1 is 1.27 bits per heavy atom. The number of rotatable bonds is 4. The molecule has 0 aliphatic heterocycles. The average Bonchev–Trinajstić information content (AvgIpc) is 1.96. The third-order valence-electron chi connectivity index (χ3n) is 1.16. The number of hydrogen-bond acceptors (Lipinski definition) is 4. The highest BCUT2D eigenvalue weighted by Crippen LogP contribution is 2.06. The molecule has 0 aliphatic rings. The second-order valence-corrected chi connectivity index (χ2v) is 3.93. The summed E-state index contributed by atoms with van der Waals surface area (Å²) in [7, 11) is 0. The van der Waals surface area contributed by atoms with Crippen molar-refractivity contribution < 1.29 is 24.2 Å². The molecular weight excluding hydrogens is 202 g/mol. The van der Waals surface area contributed by atoms with Crippen molar-refractivity contribution in [2.45, 2.75) is 32.8 Å². The van der Waals surface area contributed by atoms with E-state index in [4.69, 9.17) is 9.84 Å². The van der Waals surface area contributed by atoms with E-state index in [0.717, 1.165) is 0 Å². The molecule has 0 aromatic carbocycles. The van der Waals surface area contributed by atoms with E-state index in [1.54, 1.807) is 20.8 Å². The molecule has 0 saturated heterocycles. The minimum Gasteiger partial charge on any atom is -0.481 e. The molecule has 2 N–H and O–H groups in total. The van der Waals surface area contributed by atoms with Crippen LogP contribution < -0.4 is 5.32 Å². The Bertz CT molecular complexity index is 266. The number of carbonyl (C=O) groups is 3. The molecule has 0 spiro atoms. The van der Waals surface area contributed by atoms with Crippen molar-refractivity contribution in [3.8, 4) is 0 Å². The third kappa shape index (κ3) is 8.73. The normalized spacial score (nSPS) is 10.6. The number of nitrogens with one attached hydrogen (secondary N) is 1. The van der Waals surface area contributed by atoms with Crippen LogP contribution in [0.15, 0.2) is 0 Å². The van der Waals surface area contributed by atoms with Crippen molar-refractivity contribution in [3.63, 3.8) is 0 Å². The monoisotopic (exact) mass is 217 g/mol. The molecule has 0 bridgehead atoms. The summed E-state index contributed by atoms with van der Waals surface area (Å²) >= 11 is 0. The number of aliphatic carboxylic acids is 1. The smallest absolute Gasteiger partial charge is 0.325 e. The molecular formula is C9H15NO5. The first kappa shape index (κ1) is 13.4. The van der Waals surface area contributed by atoms with Gasteiger partial charge in [0.2, 0.25) is 5.91 Å².